The number of amides is 2. The molecule has 0 aliphatic carbocycles. The van der Waals surface area contributed by atoms with Crippen molar-refractivity contribution >= 4 is 45.0 Å². The van der Waals surface area contributed by atoms with Crippen molar-refractivity contribution in [2.75, 3.05) is 5.32 Å². The van der Waals surface area contributed by atoms with Crippen LogP contribution < -0.4 is 11.1 Å². The van der Waals surface area contributed by atoms with E-state index in [2.05, 4.69) is 30.8 Å². The average molecular weight is 403 g/mol. The second-order valence-electron chi connectivity index (χ2n) is 4.85. The average Bonchev–Trinajstić information content (AvgIpc) is 3.06. The van der Waals surface area contributed by atoms with Gasteiger partial charge in [0.1, 0.15) is 10.6 Å². The molecule has 6 nitrogen and oxygen atoms in total. The maximum absolute atomic E-state index is 12.5. The number of nitrogens with zero attached hydrogens (tertiary/aromatic N) is 2. The third-order valence-corrected chi connectivity index (χ3v) is 4.49. The Morgan fingerprint density at radius 2 is 1.71 bits per heavy atom. The summed E-state index contributed by atoms with van der Waals surface area (Å²) >= 11 is 4.40. The molecule has 0 saturated carbocycles. The van der Waals surface area contributed by atoms with Gasteiger partial charge >= 0.3 is 0 Å². The Kier molecular flexibility index (Phi) is 4.68. The summed E-state index contributed by atoms with van der Waals surface area (Å²) in [5.74, 6) is -0.827. The minimum absolute atomic E-state index is 0.310. The van der Waals surface area contributed by atoms with Crippen LogP contribution in [0.3, 0.4) is 0 Å². The Morgan fingerprint density at radius 1 is 1.04 bits per heavy atom. The Balaban J connectivity index is 1.82. The molecule has 0 spiro atoms. The van der Waals surface area contributed by atoms with Gasteiger partial charge in [-0.1, -0.05) is 32.6 Å². The first kappa shape index (κ1) is 16.3. The molecule has 120 valence electrons. The molecule has 2 aromatic carbocycles. The van der Waals surface area contributed by atoms with Crippen molar-refractivity contribution in [3.05, 3.63) is 63.4 Å². The number of nitrogens with one attached hydrogen (secondary N) is 1. The summed E-state index contributed by atoms with van der Waals surface area (Å²) in [7, 11) is 0. The molecule has 0 aliphatic rings. The summed E-state index contributed by atoms with van der Waals surface area (Å²) in [5.41, 5.74) is 7.46. The van der Waals surface area contributed by atoms with Crippen LogP contribution in [0, 0.1) is 0 Å². The number of hydrogen-bond donors (Lipinski definition) is 2. The third kappa shape index (κ3) is 3.50. The smallest absolute Gasteiger partial charge is 0.269 e. The second kappa shape index (κ2) is 6.90. The molecule has 3 rings (SSSR count). The van der Waals surface area contributed by atoms with Crippen molar-refractivity contribution < 1.29 is 9.59 Å². The number of carbonyl (C=O) groups is 2. The first-order valence-electron chi connectivity index (χ1n) is 6.84. The number of nitrogens with two attached hydrogens (primary N) is 1. The number of primary amides is 1. The van der Waals surface area contributed by atoms with Crippen LogP contribution in [0.1, 0.15) is 20.0 Å². The van der Waals surface area contributed by atoms with Gasteiger partial charge in [-0.25, -0.2) is 0 Å². The van der Waals surface area contributed by atoms with Crippen molar-refractivity contribution in [3.8, 4) is 11.3 Å². The number of benzene rings is 2. The van der Waals surface area contributed by atoms with Gasteiger partial charge in [0.2, 0.25) is 5.91 Å². The molecule has 0 saturated heterocycles. The Labute approximate surface area is 150 Å². The summed E-state index contributed by atoms with van der Waals surface area (Å²) in [6, 6.07) is 13.8. The molecule has 8 heteroatoms. The molecule has 0 atom stereocenters. The standard InChI is InChI=1S/C16H11BrN4O2S/c17-11-5-1-9(2-6-11)13-14(24-21-20-13)16(23)19-12-7-3-10(4-8-12)15(18)22/h1-8H,(H2,18,22)(H,19,23). The lowest BCUT2D eigenvalue weighted by molar-refractivity contribution is 0.0998. The fourth-order valence-electron chi connectivity index (χ4n) is 2.04. The number of rotatable bonds is 4. The lowest BCUT2D eigenvalue weighted by Crippen LogP contribution is -2.13. The quantitative estimate of drug-likeness (QED) is 0.698. The van der Waals surface area contributed by atoms with Gasteiger partial charge in [0.05, 0.1) is 0 Å². The van der Waals surface area contributed by atoms with E-state index in [0.717, 1.165) is 21.6 Å². The normalized spacial score (nSPS) is 10.4. The fraction of sp³-hybridized carbons (Fsp3) is 0. The maximum Gasteiger partial charge on any atom is 0.269 e. The van der Waals surface area contributed by atoms with E-state index in [-0.39, 0.29) is 5.91 Å². The van der Waals surface area contributed by atoms with E-state index >= 15 is 0 Å². The molecule has 1 heterocycles. The Bertz CT molecular complexity index is 891. The summed E-state index contributed by atoms with van der Waals surface area (Å²) in [6.45, 7) is 0. The largest absolute Gasteiger partial charge is 0.366 e. The first-order chi connectivity index (χ1) is 11.5. The number of anilines is 1. The summed E-state index contributed by atoms with van der Waals surface area (Å²) in [5, 5.41) is 6.81. The molecular formula is C16H11BrN4O2S. The summed E-state index contributed by atoms with van der Waals surface area (Å²) in [6.07, 6.45) is 0. The van der Waals surface area contributed by atoms with E-state index in [9.17, 15) is 9.59 Å². The van der Waals surface area contributed by atoms with Gasteiger partial charge in [0.25, 0.3) is 5.91 Å². The predicted molar refractivity (Wildman–Crippen MR) is 96.0 cm³/mol. The molecule has 0 radical (unpaired) electrons. The van der Waals surface area contributed by atoms with Crippen LogP contribution in [0.15, 0.2) is 53.0 Å². The van der Waals surface area contributed by atoms with Crippen molar-refractivity contribution in [2.24, 2.45) is 5.73 Å². The molecule has 0 aliphatic heterocycles. The van der Waals surface area contributed by atoms with Crippen molar-refractivity contribution in [1.82, 2.24) is 9.59 Å². The van der Waals surface area contributed by atoms with Crippen LogP contribution in [0.2, 0.25) is 0 Å². The topological polar surface area (TPSA) is 98.0 Å². The van der Waals surface area contributed by atoms with E-state index in [1.165, 1.54) is 0 Å². The maximum atomic E-state index is 12.5. The molecule has 1 aromatic heterocycles. The second-order valence-corrected chi connectivity index (χ2v) is 6.52. The Hall–Kier alpha value is -2.58. The van der Waals surface area contributed by atoms with Crippen LogP contribution in [0.25, 0.3) is 11.3 Å². The van der Waals surface area contributed by atoms with E-state index in [1.807, 2.05) is 24.3 Å². The highest BCUT2D eigenvalue weighted by atomic mass is 79.9. The highest BCUT2D eigenvalue weighted by molar-refractivity contribution is 9.10. The van der Waals surface area contributed by atoms with Crippen LogP contribution in [0.5, 0.6) is 0 Å². The predicted octanol–water partition coefficient (Wildman–Crippen LogP) is 3.32. The van der Waals surface area contributed by atoms with Gasteiger partial charge in [-0.3, -0.25) is 9.59 Å². The number of hydrogen-bond acceptors (Lipinski definition) is 5. The lowest BCUT2D eigenvalue weighted by Gasteiger charge is -2.05. The summed E-state index contributed by atoms with van der Waals surface area (Å²) < 4.78 is 4.82. The summed E-state index contributed by atoms with van der Waals surface area (Å²) in [4.78, 5) is 24.0. The number of halogens is 1. The molecule has 0 unspecified atom stereocenters. The van der Waals surface area contributed by atoms with Crippen molar-refractivity contribution in [2.45, 2.75) is 0 Å². The molecule has 0 fully saturated rings. The SMILES string of the molecule is NC(=O)c1ccc(NC(=O)c2snnc2-c2ccc(Br)cc2)cc1. The zero-order valence-corrected chi connectivity index (χ0v) is 14.6. The van der Waals surface area contributed by atoms with Gasteiger partial charge in [-0.2, -0.15) is 0 Å². The fourth-order valence-corrected chi connectivity index (χ4v) is 2.89. The zero-order chi connectivity index (χ0) is 17.1. The Morgan fingerprint density at radius 3 is 2.33 bits per heavy atom. The monoisotopic (exact) mass is 402 g/mol. The van der Waals surface area contributed by atoms with Gasteiger partial charge in [0, 0.05) is 21.3 Å². The van der Waals surface area contributed by atoms with Crippen LogP contribution in [-0.2, 0) is 0 Å². The van der Waals surface area contributed by atoms with E-state index in [1.54, 1.807) is 24.3 Å². The van der Waals surface area contributed by atoms with E-state index in [4.69, 9.17) is 5.73 Å². The minimum Gasteiger partial charge on any atom is -0.366 e. The molecule has 3 N–H and O–H groups in total. The van der Waals surface area contributed by atoms with Gasteiger partial charge < -0.3 is 11.1 Å². The molecule has 2 amide bonds. The van der Waals surface area contributed by atoms with Crippen LogP contribution >= 0.6 is 27.5 Å². The van der Waals surface area contributed by atoms with Crippen LogP contribution in [0.4, 0.5) is 5.69 Å². The number of aromatic nitrogens is 2. The lowest BCUT2D eigenvalue weighted by atomic mass is 10.1. The zero-order valence-electron chi connectivity index (χ0n) is 12.2. The molecule has 0 bridgehead atoms. The molecule has 3 aromatic rings. The number of carbonyl (C=O) groups excluding carboxylic acids is 2. The van der Waals surface area contributed by atoms with Crippen molar-refractivity contribution in [3.63, 3.8) is 0 Å². The van der Waals surface area contributed by atoms with E-state index in [0.29, 0.717) is 21.8 Å². The third-order valence-electron chi connectivity index (χ3n) is 3.24. The minimum atomic E-state index is -0.517. The van der Waals surface area contributed by atoms with Gasteiger partial charge in [-0.15, -0.1) is 5.10 Å². The van der Waals surface area contributed by atoms with Gasteiger partial charge in [0.15, 0.2) is 0 Å². The highest BCUT2D eigenvalue weighted by Crippen LogP contribution is 2.26. The van der Waals surface area contributed by atoms with Crippen LogP contribution in [-0.4, -0.2) is 21.4 Å². The molecule has 24 heavy (non-hydrogen) atoms. The highest BCUT2D eigenvalue weighted by Gasteiger charge is 2.18. The van der Waals surface area contributed by atoms with Gasteiger partial charge in [-0.05, 0) is 47.9 Å². The first-order valence-corrected chi connectivity index (χ1v) is 8.41. The molecular weight excluding hydrogens is 392 g/mol. The van der Waals surface area contributed by atoms with Crippen molar-refractivity contribution in [1.29, 1.82) is 0 Å². The van der Waals surface area contributed by atoms with E-state index < -0.39 is 5.91 Å².